The molecule has 12 heteroatoms. The van der Waals surface area contributed by atoms with Crippen LogP contribution in [0.2, 0.25) is 0 Å². The van der Waals surface area contributed by atoms with Crippen molar-refractivity contribution < 1.29 is 59.8 Å². The van der Waals surface area contributed by atoms with Gasteiger partial charge in [0.15, 0.2) is 12.6 Å². The Morgan fingerprint density at radius 1 is 0.667 bits per heavy atom. The minimum absolute atomic E-state index is 0.00717. The predicted octanol–water partition coefficient (Wildman–Crippen LogP) is 2.79. The molecule has 7 aliphatic rings. The molecule has 0 aromatic heterocycles. The Morgan fingerprint density at radius 2 is 1.30 bits per heavy atom. The van der Waals surface area contributed by atoms with Crippen LogP contribution in [0.5, 0.6) is 0 Å². The number of aliphatic hydroxyl groups is 8. The highest BCUT2D eigenvalue weighted by Gasteiger charge is 2.69. The Bertz CT molecular complexity index is 1400. The Morgan fingerprint density at radius 3 is 1.94 bits per heavy atom. The van der Waals surface area contributed by atoms with Crippen molar-refractivity contribution >= 4 is 0 Å². The normalized spacial score (nSPS) is 54.0. The van der Waals surface area contributed by atoms with E-state index in [1.807, 2.05) is 0 Å². The molecular formula is C42H70O12. The molecular weight excluding hydrogens is 696 g/mol. The highest BCUT2D eigenvalue weighted by Crippen LogP contribution is 2.76. The van der Waals surface area contributed by atoms with Gasteiger partial charge in [0.25, 0.3) is 0 Å². The van der Waals surface area contributed by atoms with E-state index in [2.05, 4.69) is 54.5 Å². The summed E-state index contributed by atoms with van der Waals surface area (Å²) in [5, 5.41) is 84.3. The second-order valence-electron chi connectivity index (χ2n) is 20.7. The smallest absolute Gasteiger partial charge is 0.187 e. The van der Waals surface area contributed by atoms with E-state index in [0.29, 0.717) is 24.2 Å². The summed E-state index contributed by atoms with van der Waals surface area (Å²) in [7, 11) is 0. The molecule has 18 unspecified atom stereocenters. The van der Waals surface area contributed by atoms with Gasteiger partial charge < -0.3 is 59.8 Å². The fourth-order valence-corrected chi connectivity index (χ4v) is 13.7. The zero-order chi connectivity index (χ0) is 39.4. The molecule has 6 fully saturated rings. The van der Waals surface area contributed by atoms with Crippen molar-refractivity contribution in [1.82, 2.24) is 0 Å². The maximum Gasteiger partial charge on any atom is 0.187 e. The van der Waals surface area contributed by atoms with Crippen molar-refractivity contribution in [2.75, 3.05) is 19.8 Å². The average molecular weight is 767 g/mol. The van der Waals surface area contributed by atoms with E-state index in [0.717, 1.165) is 51.4 Å². The van der Waals surface area contributed by atoms with Gasteiger partial charge in [-0.3, -0.25) is 0 Å². The zero-order valence-electron chi connectivity index (χ0n) is 33.6. The molecule has 4 saturated carbocycles. The van der Waals surface area contributed by atoms with Crippen LogP contribution in [0, 0.1) is 50.2 Å². The fourth-order valence-electron chi connectivity index (χ4n) is 13.7. The summed E-state index contributed by atoms with van der Waals surface area (Å²) in [4.78, 5) is 0. The summed E-state index contributed by atoms with van der Waals surface area (Å²) >= 11 is 0. The lowest BCUT2D eigenvalue weighted by atomic mass is 9.33. The molecule has 0 aromatic carbocycles. The van der Waals surface area contributed by atoms with Crippen molar-refractivity contribution in [2.24, 2.45) is 50.2 Å². The van der Waals surface area contributed by atoms with Crippen molar-refractivity contribution in [3.8, 4) is 0 Å². The van der Waals surface area contributed by atoms with Crippen molar-refractivity contribution in [3.63, 3.8) is 0 Å². The summed E-state index contributed by atoms with van der Waals surface area (Å²) < 4.78 is 24.5. The van der Waals surface area contributed by atoms with E-state index in [4.69, 9.17) is 18.9 Å². The van der Waals surface area contributed by atoms with Crippen LogP contribution in [0.1, 0.15) is 113 Å². The summed E-state index contributed by atoms with van der Waals surface area (Å²) in [6.07, 6.45) is -2.22. The standard InChI is InChI=1S/C42H70O12/c1-37(2)14-16-42(21-45)17-15-40(6)22(23(42)18-37)8-9-27-39(5)12-11-28(38(3,4)26(39)10-13-41(27,40)7)53-36-34(32(49)30(47)25(20-44)52-36)54-35-33(50)31(48)29(46)24(19-43)51-35/h8,23-36,43-50H,9-21H2,1-7H3. The first-order chi connectivity index (χ1) is 25.2. The van der Waals surface area contributed by atoms with Crippen LogP contribution >= 0.6 is 0 Å². The van der Waals surface area contributed by atoms with Gasteiger partial charge in [-0.05, 0) is 109 Å². The lowest BCUT2D eigenvalue weighted by Gasteiger charge is -2.71. The number of rotatable bonds is 7. The molecule has 7 rings (SSSR count). The van der Waals surface area contributed by atoms with Crippen LogP contribution in [0.15, 0.2) is 11.6 Å². The first kappa shape index (κ1) is 41.4. The molecule has 2 aliphatic heterocycles. The van der Waals surface area contributed by atoms with Gasteiger partial charge in [-0.15, -0.1) is 0 Å². The topological polar surface area (TPSA) is 199 Å². The predicted molar refractivity (Wildman–Crippen MR) is 197 cm³/mol. The van der Waals surface area contributed by atoms with Gasteiger partial charge in [0.05, 0.1) is 19.3 Å². The van der Waals surface area contributed by atoms with Gasteiger partial charge in [0.2, 0.25) is 0 Å². The van der Waals surface area contributed by atoms with Crippen LogP contribution in [0.25, 0.3) is 0 Å². The lowest BCUT2D eigenvalue weighted by molar-refractivity contribution is -0.378. The van der Waals surface area contributed by atoms with Crippen LogP contribution in [0.4, 0.5) is 0 Å². The summed E-state index contributed by atoms with van der Waals surface area (Å²) in [5.41, 5.74) is 1.69. The molecule has 0 bridgehead atoms. The van der Waals surface area contributed by atoms with Crippen LogP contribution in [0.3, 0.4) is 0 Å². The molecule has 2 saturated heterocycles. The first-order valence-corrected chi connectivity index (χ1v) is 20.8. The first-order valence-electron chi connectivity index (χ1n) is 20.8. The van der Waals surface area contributed by atoms with Gasteiger partial charge in [-0.1, -0.05) is 60.1 Å². The third kappa shape index (κ3) is 6.14. The molecule has 54 heavy (non-hydrogen) atoms. The van der Waals surface area contributed by atoms with Crippen molar-refractivity contribution in [3.05, 3.63) is 11.6 Å². The number of allylic oxidation sites excluding steroid dienone is 2. The zero-order valence-corrected chi connectivity index (χ0v) is 33.6. The molecule has 18 atom stereocenters. The molecule has 0 radical (unpaired) electrons. The number of hydrogen-bond acceptors (Lipinski definition) is 12. The van der Waals surface area contributed by atoms with Crippen LogP contribution in [-0.4, -0.2) is 128 Å². The van der Waals surface area contributed by atoms with E-state index in [-0.39, 0.29) is 45.2 Å². The fraction of sp³-hybridized carbons (Fsp3) is 0.952. The number of hydrogen-bond donors (Lipinski definition) is 8. The second-order valence-corrected chi connectivity index (χ2v) is 20.7. The van der Waals surface area contributed by atoms with Gasteiger partial charge in [-0.2, -0.15) is 0 Å². The molecule has 12 nitrogen and oxygen atoms in total. The molecule has 8 N–H and O–H groups in total. The molecule has 0 spiro atoms. The quantitative estimate of drug-likeness (QED) is 0.140. The molecule has 0 aromatic rings. The maximum absolute atomic E-state index is 11.3. The highest BCUT2D eigenvalue weighted by molar-refractivity contribution is 5.34. The molecule has 310 valence electrons. The monoisotopic (exact) mass is 766 g/mol. The minimum Gasteiger partial charge on any atom is -0.396 e. The van der Waals surface area contributed by atoms with Gasteiger partial charge in [0, 0.05) is 12.0 Å². The molecule has 2 heterocycles. The lowest BCUT2D eigenvalue weighted by Crippen LogP contribution is -2.67. The van der Waals surface area contributed by atoms with Crippen LogP contribution in [-0.2, 0) is 18.9 Å². The summed E-state index contributed by atoms with van der Waals surface area (Å²) in [5.74, 6) is 1.17. The van der Waals surface area contributed by atoms with Gasteiger partial charge in [0.1, 0.15) is 48.8 Å². The third-order valence-corrected chi connectivity index (χ3v) is 17.3. The van der Waals surface area contributed by atoms with E-state index >= 15 is 0 Å². The Balaban J connectivity index is 1.14. The largest absolute Gasteiger partial charge is 0.396 e. The number of ether oxygens (including phenoxy) is 4. The number of fused-ring (bicyclic) bond motifs is 7. The molecule has 0 amide bonds. The Hall–Kier alpha value is -0.740. The summed E-state index contributed by atoms with van der Waals surface area (Å²) in [6.45, 7) is 15.9. The van der Waals surface area contributed by atoms with E-state index in [9.17, 15) is 40.9 Å². The van der Waals surface area contributed by atoms with E-state index in [1.165, 1.54) is 6.42 Å². The average Bonchev–Trinajstić information content (AvgIpc) is 3.12. The maximum atomic E-state index is 11.3. The third-order valence-electron chi connectivity index (χ3n) is 17.3. The SMILES string of the molecule is CC1(C)CCC2(CO)CCC3(C)C(=CCC4C5(C)CCC(OC6OC(CO)C(O)C(O)C6OC6OC(CO)C(O)C(O)C6O)C(C)(C)C5CCC43C)C2C1. The Kier molecular flexibility index (Phi) is 10.9. The highest BCUT2D eigenvalue weighted by atomic mass is 16.8. The summed E-state index contributed by atoms with van der Waals surface area (Å²) in [6, 6.07) is 0. The van der Waals surface area contributed by atoms with E-state index in [1.54, 1.807) is 5.57 Å². The van der Waals surface area contributed by atoms with Crippen molar-refractivity contribution in [1.29, 1.82) is 0 Å². The van der Waals surface area contributed by atoms with E-state index < -0.39 is 74.6 Å². The van der Waals surface area contributed by atoms with Crippen molar-refractivity contribution in [2.45, 2.75) is 180 Å². The van der Waals surface area contributed by atoms with Gasteiger partial charge in [-0.25, -0.2) is 0 Å². The number of aliphatic hydroxyl groups excluding tert-OH is 8. The second kappa shape index (κ2) is 14.2. The molecule has 5 aliphatic carbocycles. The van der Waals surface area contributed by atoms with Crippen LogP contribution < -0.4 is 0 Å². The van der Waals surface area contributed by atoms with Gasteiger partial charge >= 0.3 is 0 Å². The minimum atomic E-state index is -1.73. The Labute approximate surface area is 321 Å².